The lowest BCUT2D eigenvalue weighted by atomic mass is 9.71. The number of hydrogen-bond donors (Lipinski definition) is 2. The third-order valence-electron chi connectivity index (χ3n) is 5.22. The second-order valence-electron chi connectivity index (χ2n) is 8.39. The molecule has 1 N–H and O–H groups in total. The summed E-state index contributed by atoms with van der Waals surface area (Å²) in [7, 11) is 0. The summed E-state index contributed by atoms with van der Waals surface area (Å²) < 4.78 is 6.21. The zero-order chi connectivity index (χ0) is 16.9. The van der Waals surface area contributed by atoms with Crippen molar-refractivity contribution in [2.24, 2.45) is 11.3 Å². The number of thiol groups is 1. The van der Waals surface area contributed by atoms with Gasteiger partial charge in [-0.2, -0.15) is 12.6 Å². The molecule has 1 aliphatic carbocycles. The third-order valence-corrected chi connectivity index (χ3v) is 5.53. The summed E-state index contributed by atoms with van der Waals surface area (Å²) in [4.78, 5) is 4.80. The monoisotopic (exact) mass is 344 g/mol. The normalized spacial score (nSPS) is 31.2. The van der Waals surface area contributed by atoms with Crippen LogP contribution in [-0.2, 0) is 4.74 Å². The van der Waals surface area contributed by atoms with Crippen molar-refractivity contribution in [3.8, 4) is 0 Å². The van der Waals surface area contributed by atoms with Gasteiger partial charge in [-0.25, -0.2) is 0 Å². The van der Waals surface area contributed by atoms with Crippen LogP contribution in [0.4, 0.5) is 0 Å². The van der Waals surface area contributed by atoms with Crippen molar-refractivity contribution < 1.29 is 9.84 Å². The van der Waals surface area contributed by atoms with E-state index in [1.165, 1.54) is 19.3 Å². The Morgan fingerprint density at radius 3 is 2.43 bits per heavy atom. The van der Waals surface area contributed by atoms with Crippen LogP contribution in [0.15, 0.2) is 0 Å². The molecule has 1 saturated heterocycles. The van der Waals surface area contributed by atoms with Crippen LogP contribution in [0.25, 0.3) is 0 Å². The molecule has 0 unspecified atom stereocenters. The van der Waals surface area contributed by atoms with Crippen molar-refractivity contribution in [2.45, 2.75) is 51.4 Å². The van der Waals surface area contributed by atoms with E-state index < -0.39 is 0 Å². The molecule has 0 aromatic heterocycles. The SMILES string of the molecule is C[C@@H]1C[C@@H](OC[C@H](S)CN2CCN(CCO)CC2)CC(C)(C)C1. The molecule has 0 amide bonds. The Morgan fingerprint density at radius 2 is 1.83 bits per heavy atom. The lowest BCUT2D eigenvalue weighted by molar-refractivity contribution is -0.0244. The molecule has 3 atom stereocenters. The largest absolute Gasteiger partial charge is 0.395 e. The molecule has 0 radical (unpaired) electrons. The first-order chi connectivity index (χ1) is 10.9. The number of aliphatic hydroxyl groups is 1. The van der Waals surface area contributed by atoms with Crippen LogP contribution in [0, 0.1) is 11.3 Å². The van der Waals surface area contributed by atoms with Crippen LogP contribution in [0.2, 0.25) is 0 Å². The minimum Gasteiger partial charge on any atom is -0.395 e. The Morgan fingerprint density at radius 1 is 1.17 bits per heavy atom. The van der Waals surface area contributed by atoms with Gasteiger partial charge in [-0.15, -0.1) is 0 Å². The van der Waals surface area contributed by atoms with Crippen LogP contribution in [0.5, 0.6) is 0 Å². The summed E-state index contributed by atoms with van der Waals surface area (Å²) in [5.41, 5.74) is 0.414. The molecule has 2 aliphatic rings. The Hall–Kier alpha value is 0.190. The molecule has 5 heteroatoms. The highest BCUT2D eigenvalue weighted by Crippen LogP contribution is 2.39. The number of β-amino-alcohol motifs (C(OH)–C–C–N with tert-alkyl or cyclic N) is 1. The van der Waals surface area contributed by atoms with Gasteiger partial charge in [0.2, 0.25) is 0 Å². The molecule has 1 aliphatic heterocycles. The fourth-order valence-corrected chi connectivity index (χ4v) is 4.64. The number of hydrogen-bond acceptors (Lipinski definition) is 5. The predicted molar refractivity (Wildman–Crippen MR) is 99.3 cm³/mol. The summed E-state index contributed by atoms with van der Waals surface area (Å²) >= 11 is 4.75. The van der Waals surface area contributed by atoms with Crippen LogP contribution < -0.4 is 0 Å². The molecule has 0 aromatic rings. The number of rotatable bonds is 7. The molecule has 0 aromatic carbocycles. The van der Waals surface area contributed by atoms with Gasteiger partial charge in [0.25, 0.3) is 0 Å². The van der Waals surface area contributed by atoms with E-state index in [0.29, 0.717) is 16.8 Å². The van der Waals surface area contributed by atoms with E-state index in [1.807, 2.05) is 0 Å². The summed E-state index contributed by atoms with van der Waals surface area (Å²) in [6.45, 7) is 14.2. The van der Waals surface area contributed by atoms with Crippen LogP contribution >= 0.6 is 12.6 Å². The maximum atomic E-state index is 9.00. The van der Waals surface area contributed by atoms with Gasteiger partial charge in [-0.1, -0.05) is 20.8 Å². The van der Waals surface area contributed by atoms with Gasteiger partial charge in [0.15, 0.2) is 0 Å². The van der Waals surface area contributed by atoms with Gasteiger partial charge in [0.1, 0.15) is 0 Å². The molecule has 1 saturated carbocycles. The van der Waals surface area contributed by atoms with Gasteiger partial charge in [0.05, 0.1) is 19.3 Å². The standard InChI is InChI=1S/C18H36N2O2S/c1-15-10-16(12-18(2,3)11-15)22-14-17(23)13-20-6-4-19(5-7-20)8-9-21/h15-17,21,23H,4-14H2,1-3H3/t15-,16-,17-/m1/s1. The highest BCUT2D eigenvalue weighted by atomic mass is 32.1. The number of piperazine rings is 1. The topological polar surface area (TPSA) is 35.9 Å². The fourth-order valence-electron chi connectivity index (χ4n) is 4.32. The molecule has 2 fully saturated rings. The van der Waals surface area contributed by atoms with Gasteiger partial charge in [0, 0.05) is 44.5 Å². The van der Waals surface area contributed by atoms with Crippen molar-refractivity contribution in [1.82, 2.24) is 9.80 Å². The van der Waals surface area contributed by atoms with Crippen molar-refractivity contribution in [3.63, 3.8) is 0 Å². The van der Waals surface area contributed by atoms with E-state index in [1.54, 1.807) is 0 Å². The smallest absolute Gasteiger partial charge is 0.0598 e. The highest BCUT2D eigenvalue weighted by molar-refractivity contribution is 7.81. The minimum atomic E-state index is 0.263. The second-order valence-corrected chi connectivity index (χ2v) is 9.12. The maximum absolute atomic E-state index is 9.00. The summed E-state index contributed by atoms with van der Waals surface area (Å²) in [6, 6.07) is 0. The van der Waals surface area contributed by atoms with Gasteiger partial charge in [-0.3, -0.25) is 9.80 Å². The molecule has 1 heterocycles. The Bertz CT molecular complexity index is 346. The van der Waals surface area contributed by atoms with E-state index in [0.717, 1.165) is 51.8 Å². The zero-order valence-electron chi connectivity index (χ0n) is 15.2. The average molecular weight is 345 g/mol. The molecule has 0 spiro atoms. The van der Waals surface area contributed by atoms with Crippen molar-refractivity contribution >= 4 is 12.6 Å². The van der Waals surface area contributed by atoms with E-state index in [4.69, 9.17) is 22.5 Å². The minimum absolute atomic E-state index is 0.263. The lowest BCUT2D eigenvalue weighted by Crippen LogP contribution is -2.49. The number of ether oxygens (including phenoxy) is 1. The van der Waals surface area contributed by atoms with Crippen LogP contribution in [0.3, 0.4) is 0 Å². The van der Waals surface area contributed by atoms with Gasteiger partial charge >= 0.3 is 0 Å². The second kappa shape index (κ2) is 9.04. The Labute approximate surface area is 148 Å². The summed E-state index contributed by atoms with van der Waals surface area (Å²) in [5, 5.41) is 9.29. The number of aliphatic hydroxyl groups excluding tert-OH is 1. The summed E-state index contributed by atoms with van der Waals surface area (Å²) in [6.07, 6.45) is 4.10. The van der Waals surface area contributed by atoms with Gasteiger partial charge in [-0.05, 0) is 30.6 Å². The molecular formula is C18H36N2O2S. The highest BCUT2D eigenvalue weighted by Gasteiger charge is 2.32. The molecule has 136 valence electrons. The molecule has 23 heavy (non-hydrogen) atoms. The Balaban J connectivity index is 1.64. The first-order valence-electron chi connectivity index (χ1n) is 9.23. The molecular weight excluding hydrogens is 308 g/mol. The lowest BCUT2D eigenvalue weighted by Gasteiger charge is -2.39. The van der Waals surface area contributed by atoms with E-state index in [2.05, 4.69) is 30.6 Å². The van der Waals surface area contributed by atoms with E-state index in [-0.39, 0.29) is 6.61 Å². The molecule has 0 bridgehead atoms. The average Bonchev–Trinajstić information content (AvgIpc) is 2.45. The quantitative estimate of drug-likeness (QED) is 0.694. The van der Waals surface area contributed by atoms with Gasteiger partial charge < -0.3 is 9.84 Å². The fraction of sp³-hybridized carbons (Fsp3) is 1.00. The zero-order valence-corrected chi connectivity index (χ0v) is 16.1. The first kappa shape index (κ1) is 19.5. The Kier molecular flexibility index (Phi) is 7.67. The van der Waals surface area contributed by atoms with Crippen LogP contribution in [-0.4, -0.2) is 78.7 Å². The van der Waals surface area contributed by atoms with E-state index >= 15 is 0 Å². The van der Waals surface area contributed by atoms with Crippen molar-refractivity contribution in [1.29, 1.82) is 0 Å². The molecule has 4 nitrogen and oxygen atoms in total. The number of nitrogens with zero attached hydrogens (tertiary/aromatic N) is 2. The first-order valence-corrected chi connectivity index (χ1v) is 9.75. The third kappa shape index (κ3) is 6.91. The van der Waals surface area contributed by atoms with E-state index in [9.17, 15) is 0 Å². The van der Waals surface area contributed by atoms with Crippen LogP contribution in [0.1, 0.15) is 40.0 Å². The maximum Gasteiger partial charge on any atom is 0.0598 e. The summed E-state index contributed by atoms with van der Waals surface area (Å²) in [5.74, 6) is 0.765. The predicted octanol–water partition coefficient (Wildman–Crippen LogP) is 2.13. The van der Waals surface area contributed by atoms with Crippen molar-refractivity contribution in [3.05, 3.63) is 0 Å². The molecule has 2 rings (SSSR count). The van der Waals surface area contributed by atoms with Crippen molar-refractivity contribution in [2.75, 3.05) is 52.5 Å².